The van der Waals surface area contributed by atoms with Crippen molar-refractivity contribution in [1.29, 1.82) is 0 Å². The number of unbranched alkanes of at least 4 members (excludes halogenated alkanes) is 2. The third kappa shape index (κ3) is 11.6. The largest absolute Gasteiger partial charge is 0.344 e. The molecule has 69 heavy (non-hydrogen) atoms. The fraction of sp³-hybridized carbons (Fsp3) is 0.423. The fourth-order valence-electron chi connectivity index (χ4n) is 9.48. The summed E-state index contributed by atoms with van der Waals surface area (Å²) in [6.45, 7) is 9.88. The lowest BCUT2D eigenvalue weighted by atomic mass is 9.81. The number of thioether (sulfide) groups is 1. The molecule has 4 aliphatic rings. The number of allylic oxidation sites excluding steroid dienone is 7. The third-order valence-corrected chi connectivity index (χ3v) is 16.9. The topological polar surface area (TPSA) is 170 Å². The van der Waals surface area contributed by atoms with Crippen molar-refractivity contribution in [3.05, 3.63) is 124 Å². The number of anilines is 1. The number of sulfonamides is 1. The minimum atomic E-state index is -4.47. The number of hydrogen-bond donors (Lipinski definition) is 2. The molecule has 3 aromatic carbocycles. The van der Waals surface area contributed by atoms with Gasteiger partial charge in [0.05, 0.1) is 49.4 Å². The van der Waals surface area contributed by atoms with Crippen LogP contribution in [0.25, 0.3) is 0 Å². The molecule has 0 aromatic heterocycles. The van der Waals surface area contributed by atoms with E-state index in [4.69, 9.17) is 4.84 Å². The van der Waals surface area contributed by atoms with Gasteiger partial charge in [-0.2, -0.15) is 13.0 Å². The molecule has 2 amide bonds. The van der Waals surface area contributed by atoms with Crippen molar-refractivity contribution in [3.8, 4) is 0 Å². The van der Waals surface area contributed by atoms with Crippen LogP contribution in [0, 0.1) is 0 Å². The van der Waals surface area contributed by atoms with E-state index in [-0.39, 0.29) is 29.1 Å². The maximum Gasteiger partial charge on any atom is 0.333 e. The van der Waals surface area contributed by atoms with E-state index in [0.29, 0.717) is 48.4 Å². The number of nitrogens with one attached hydrogen (secondary N) is 1. The van der Waals surface area contributed by atoms with Gasteiger partial charge in [-0.15, -0.1) is 5.06 Å². The number of carbonyl (C=O) groups excluding carboxylic acids is 3. The first kappa shape index (κ1) is 51.7. The standard InChI is InChI=1S/C52H64N5O9S3/c1-51(2)41-34-39(68(61,62)53-31-33-57(6,7)8)23-25-43(41)54(5)45(51)27-21-36-16-15-17-37(50(36)67-38-18-11-9-12-19-38)22-28-46-52(3,4)42-35-40(69(63,64)65)24-26-44(42)55(46)32-14-10-13-20-49(60)66-56-47(58)29-30-48(56)59/h9,11-12,18-19,21-28,34-35,53H,10,13-17,20,29-33H2,1-8H3/q+1/p+1. The Morgan fingerprint density at radius 3 is 2.20 bits per heavy atom. The van der Waals surface area contributed by atoms with Crippen LogP contribution in [0.1, 0.15) is 96.6 Å². The number of fused-ring (bicyclic) bond motifs is 2. The number of hydrogen-bond acceptors (Lipinski definition) is 10. The summed E-state index contributed by atoms with van der Waals surface area (Å²) in [7, 11) is -0.0917. The molecule has 0 unspecified atom stereocenters. The lowest BCUT2D eigenvalue weighted by Crippen LogP contribution is -2.41. The molecule has 0 saturated carbocycles. The summed E-state index contributed by atoms with van der Waals surface area (Å²) in [5.41, 5.74) is 6.63. The van der Waals surface area contributed by atoms with Crippen LogP contribution in [-0.4, -0.2) is 107 Å². The Bertz CT molecular complexity index is 2910. The number of carbonyl (C=O) groups is 3. The van der Waals surface area contributed by atoms with Gasteiger partial charge in [0.15, 0.2) is 5.71 Å². The number of rotatable bonds is 18. The molecular formula is C52H65N5O9S3+2. The maximum atomic E-state index is 13.5. The van der Waals surface area contributed by atoms with E-state index in [9.17, 15) is 35.8 Å². The van der Waals surface area contributed by atoms with Crippen LogP contribution in [0.3, 0.4) is 0 Å². The number of likely N-dealkylation sites (N-methyl/N-ethyl adjacent to an activating group) is 1. The number of nitrogens with zero attached hydrogens (tertiary/aromatic N) is 4. The molecule has 0 spiro atoms. The Hall–Kier alpha value is -5.17. The third-order valence-electron chi connectivity index (χ3n) is 13.3. The zero-order valence-corrected chi connectivity index (χ0v) is 43.3. The second-order valence-electron chi connectivity index (χ2n) is 20.1. The summed E-state index contributed by atoms with van der Waals surface area (Å²) >= 11 is 1.72. The van der Waals surface area contributed by atoms with Gasteiger partial charge in [0.2, 0.25) is 15.7 Å². The predicted molar refractivity (Wildman–Crippen MR) is 269 cm³/mol. The minimum Gasteiger partial charge on any atom is -0.344 e. The molecule has 1 fully saturated rings. The number of imide groups is 1. The second-order valence-corrected chi connectivity index (χ2v) is 24.4. The van der Waals surface area contributed by atoms with E-state index in [1.807, 2.05) is 72.4 Å². The molecule has 14 nitrogen and oxygen atoms in total. The van der Waals surface area contributed by atoms with Crippen LogP contribution in [0.2, 0.25) is 0 Å². The molecule has 0 atom stereocenters. The highest BCUT2D eigenvalue weighted by molar-refractivity contribution is 8.03. The average molecular weight is 1000 g/mol. The first-order valence-electron chi connectivity index (χ1n) is 23.5. The molecular weight excluding hydrogens is 935 g/mol. The average Bonchev–Trinajstić information content (AvgIpc) is 3.78. The van der Waals surface area contributed by atoms with Gasteiger partial charge in [-0.05, 0) is 111 Å². The summed E-state index contributed by atoms with van der Waals surface area (Å²) in [5.74, 6) is -1.68. The van der Waals surface area contributed by atoms with Gasteiger partial charge in [-0.25, -0.2) is 17.9 Å². The molecule has 0 radical (unpaired) electrons. The molecule has 17 heteroatoms. The van der Waals surface area contributed by atoms with Crippen LogP contribution in [-0.2, 0) is 50.2 Å². The smallest absolute Gasteiger partial charge is 0.333 e. The van der Waals surface area contributed by atoms with E-state index in [0.717, 1.165) is 68.5 Å². The lowest BCUT2D eigenvalue weighted by Gasteiger charge is -2.27. The van der Waals surface area contributed by atoms with Gasteiger partial charge >= 0.3 is 5.97 Å². The van der Waals surface area contributed by atoms with Crippen LogP contribution in [0.4, 0.5) is 11.4 Å². The molecule has 2 N–H and O–H groups in total. The number of benzene rings is 3. The predicted octanol–water partition coefficient (Wildman–Crippen LogP) is 8.49. The second kappa shape index (κ2) is 20.3. The molecule has 1 aliphatic carbocycles. The van der Waals surface area contributed by atoms with Gasteiger partial charge in [0.1, 0.15) is 7.05 Å². The molecule has 3 aliphatic heterocycles. The van der Waals surface area contributed by atoms with E-state index in [2.05, 4.69) is 64.5 Å². The van der Waals surface area contributed by atoms with Gasteiger partial charge in [-0.3, -0.25) is 14.1 Å². The number of hydroxylamine groups is 2. The fourth-order valence-corrected chi connectivity index (χ4v) is 12.2. The quantitative estimate of drug-likeness (QED) is 0.0412. The summed E-state index contributed by atoms with van der Waals surface area (Å²) in [5, 5.41) is 0.566. The van der Waals surface area contributed by atoms with Gasteiger partial charge in [0.25, 0.3) is 21.9 Å². The monoisotopic (exact) mass is 999 g/mol. The van der Waals surface area contributed by atoms with Crippen molar-refractivity contribution in [2.75, 3.05) is 52.7 Å². The molecule has 3 heterocycles. The number of quaternary nitrogens is 1. The van der Waals surface area contributed by atoms with E-state index in [1.165, 1.54) is 11.6 Å². The normalized spacial score (nSPS) is 19.4. The van der Waals surface area contributed by atoms with Gasteiger partial charge in [0, 0.05) is 70.1 Å². The van der Waals surface area contributed by atoms with Crippen LogP contribution in [0.5, 0.6) is 0 Å². The zero-order valence-electron chi connectivity index (χ0n) is 40.9. The maximum absolute atomic E-state index is 13.5. The highest BCUT2D eigenvalue weighted by atomic mass is 32.2. The van der Waals surface area contributed by atoms with Crippen LogP contribution < -0.4 is 9.62 Å². The van der Waals surface area contributed by atoms with Crippen molar-refractivity contribution >= 4 is 66.8 Å². The lowest BCUT2D eigenvalue weighted by molar-refractivity contribution is -0.869. The molecule has 3 aromatic rings. The zero-order chi connectivity index (χ0) is 50.1. The first-order chi connectivity index (χ1) is 32.4. The molecule has 0 bridgehead atoms. The first-order valence-corrected chi connectivity index (χ1v) is 27.2. The summed E-state index contributed by atoms with van der Waals surface area (Å²) in [6, 6.07) is 20.3. The van der Waals surface area contributed by atoms with Crippen LogP contribution >= 0.6 is 11.8 Å². The van der Waals surface area contributed by atoms with Crippen molar-refractivity contribution in [3.63, 3.8) is 0 Å². The Balaban J connectivity index is 1.18. The highest BCUT2D eigenvalue weighted by Gasteiger charge is 2.44. The molecule has 1 saturated heterocycles. The van der Waals surface area contributed by atoms with Crippen molar-refractivity contribution in [2.24, 2.45) is 0 Å². The Labute approximate surface area is 411 Å². The summed E-state index contributed by atoms with van der Waals surface area (Å²) in [6.07, 6.45) is 13.2. The van der Waals surface area contributed by atoms with Crippen molar-refractivity contribution in [2.45, 2.75) is 111 Å². The highest BCUT2D eigenvalue weighted by Crippen LogP contribution is 2.50. The van der Waals surface area contributed by atoms with Gasteiger partial charge in [-0.1, -0.05) is 62.4 Å². The summed E-state index contributed by atoms with van der Waals surface area (Å²) < 4.78 is 67.2. The number of amides is 2. The Kier molecular flexibility index (Phi) is 15.2. The van der Waals surface area contributed by atoms with Gasteiger partial charge < -0.3 is 14.2 Å². The Morgan fingerprint density at radius 1 is 0.841 bits per heavy atom. The SMILES string of the molecule is C[N+]1=C(/C=C/C2=C(Sc3ccccc3)C(=C/C=C3/N(CCCCCC(=O)ON4C(=O)CCC4=O)c4ccc(S(=O)(=O)O)cc4C3(C)C)/CCC2)C(C)(C)c2cc(S(=O)(=O)NCC[N+](C)(C)C)ccc21. The minimum absolute atomic E-state index is 0.0290. The van der Waals surface area contributed by atoms with E-state index >= 15 is 0 Å². The van der Waals surface area contributed by atoms with E-state index < -0.39 is 48.8 Å². The van der Waals surface area contributed by atoms with E-state index in [1.54, 1.807) is 30.0 Å². The molecule has 7 rings (SSSR count). The Morgan fingerprint density at radius 2 is 1.52 bits per heavy atom. The van der Waals surface area contributed by atoms with Crippen LogP contribution in [0.15, 0.2) is 127 Å². The van der Waals surface area contributed by atoms with Crippen molar-refractivity contribution < 1.29 is 49.7 Å². The van der Waals surface area contributed by atoms with Crippen molar-refractivity contribution in [1.82, 2.24) is 9.79 Å². The summed E-state index contributed by atoms with van der Waals surface area (Å²) in [4.78, 5) is 45.9. The molecule has 368 valence electrons.